The fourth-order valence-corrected chi connectivity index (χ4v) is 3.09. The molecule has 0 bridgehead atoms. The molecule has 0 aromatic heterocycles. The van der Waals surface area contributed by atoms with Gasteiger partial charge in [-0.25, -0.2) is 4.79 Å². The molecule has 0 atom stereocenters. The van der Waals surface area contributed by atoms with Gasteiger partial charge >= 0.3 is 5.97 Å². The number of hydrogen-bond acceptors (Lipinski definition) is 6. The highest BCUT2D eigenvalue weighted by Crippen LogP contribution is 2.15. The summed E-state index contributed by atoms with van der Waals surface area (Å²) < 4.78 is 0. The lowest BCUT2D eigenvalue weighted by atomic mass is 10.0. The number of nitrogens with zero attached hydrogens (tertiary/aromatic N) is 2. The number of aryl methyl sites for hydroxylation is 2. The molecule has 0 spiro atoms. The molecule has 1 aromatic rings. The Bertz CT molecular complexity index is 826. The van der Waals surface area contributed by atoms with E-state index in [1.165, 1.54) is 17.1 Å². The van der Waals surface area contributed by atoms with E-state index >= 15 is 0 Å². The summed E-state index contributed by atoms with van der Waals surface area (Å²) in [5.41, 5.74) is 1.95. The summed E-state index contributed by atoms with van der Waals surface area (Å²) in [5, 5.41) is 0.550. The van der Waals surface area contributed by atoms with Gasteiger partial charge in [-0.05, 0) is 30.4 Å². The van der Waals surface area contributed by atoms with Crippen LogP contribution in [0.15, 0.2) is 36.4 Å². The van der Waals surface area contributed by atoms with Crippen LogP contribution in [0.5, 0.6) is 0 Å². The number of hydrogen-bond donors (Lipinski definition) is 0. The Kier molecular flexibility index (Phi) is 5.98. The molecule has 2 aliphatic rings. The Morgan fingerprint density at radius 2 is 1.54 bits per heavy atom. The molecule has 4 amide bonds. The van der Waals surface area contributed by atoms with Gasteiger partial charge in [-0.2, -0.15) is 0 Å². The topological polar surface area (TPSA) is 101 Å². The standard InChI is InChI=1S/C20H20N2O6/c23-16-7-8-17(24)21(16)12-2-5-14-3-1-4-15(13-14)6-11-20(27)28-22-18(25)9-10-19(22)26/h1,3-4,7-8,13H,2,5-6,9-12H2. The van der Waals surface area contributed by atoms with Gasteiger partial charge in [-0.15, -0.1) is 5.06 Å². The Hall–Kier alpha value is -3.29. The van der Waals surface area contributed by atoms with Crippen molar-refractivity contribution in [3.8, 4) is 0 Å². The Morgan fingerprint density at radius 3 is 2.18 bits per heavy atom. The number of carbonyl (C=O) groups excluding carboxylic acids is 5. The maximum absolute atomic E-state index is 11.9. The van der Waals surface area contributed by atoms with Gasteiger partial charge in [0.2, 0.25) is 0 Å². The largest absolute Gasteiger partial charge is 0.333 e. The molecule has 0 radical (unpaired) electrons. The maximum atomic E-state index is 11.9. The smallest absolute Gasteiger partial charge is 0.330 e. The van der Waals surface area contributed by atoms with Crippen molar-refractivity contribution in [2.24, 2.45) is 0 Å². The second-order valence-electron chi connectivity index (χ2n) is 6.63. The fraction of sp³-hybridized carbons (Fsp3) is 0.350. The van der Waals surface area contributed by atoms with Crippen LogP contribution in [-0.4, -0.2) is 46.1 Å². The predicted molar refractivity (Wildman–Crippen MR) is 96.1 cm³/mol. The molecule has 2 heterocycles. The van der Waals surface area contributed by atoms with Crippen molar-refractivity contribution in [3.63, 3.8) is 0 Å². The molecule has 0 unspecified atom stereocenters. The maximum Gasteiger partial charge on any atom is 0.333 e. The van der Waals surface area contributed by atoms with Crippen molar-refractivity contribution in [2.75, 3.05) is 6.54 Å². The summed E-state index contributed by atoms with van der Waals surface area (Å²) in [6, 6.07) is 7.64. The van der Waals surface area contributed by atoms with Gasteiger partial charge < -0.3 is 4.84 Å². The zero-order valence-electron chi connectivity index (χ0n) is 15.3. The third-order valence-corrected chi connectivity index (χ3v) is 4.56. The quantitative estimate of drug-likeness (QED) is 0.622. The zero-order chi connectivity index (χ0) is 20.1. The molecule has 28 heavy (non-hydrogen) atoms. The highest BCUT2D eigenvalue weighted by Gasteiger charge is 2.32. The van der Waals surface area contributed by atoms with Gasteiger partial charge in [0.25, 0.3) is 23.6 Å². The number of rotatable bonds is 8. The monoisotopic (exact) mass is 384 g/mol. The van der Waals surface area contributed by atoms with E-state index in [4.69, 9.17) is 4.84 Å². The predicted octanol–water partition coefficient (Wildman–Crippen LogP) is 1.08. The number of carbonyl (C=O) groups is 5. The van der Waals surface area contributed by atoms with Crippen LogP contribution in [0.1, 0.15) is 36.8 Å². The minimum atomic E-state index is -0.632. The highest BCUT2D eigenvalue weighted by molar-refractivity contribution is 6.12. The third-order valence-electron chi connectivity index (χ3n) is 4.56. The Labute approximate surface area is 161 Å². The number of benzene rings is 1. The van der Waals surface area contributed by atoms with E-state index in [2.05, 4.69) is 0 Å². The molecule has 1 aromatic carbocycles. The van der Waals surface area contributed by atoms with E-state index in [9.17, 15) is 24.0 Å². The van der Waals surface area contributed by atoms with Crippen molar-refractivity contribution in [3.05, 3.63) is 47.5 Å². The van der Waals surface area contributed by atoms with Gasteiger partial charge in [-0.1, -0.05) is 24.3 Å². The van der Waals surface area contributed by atoms with Crippen molar-refractivity contribution >= 4 is 29.6 Å². The van der Waals surface area contributed by atoms with Crippen molar-refractivity contribution < 1.29 is 28.8 Å². The third kappa shape index (κ3) is 4.70. The Morgan fingerprint density at radius 1 is 0.929 bits per heavy atom. The van der Waals surface area contributed by atoms with Crippen LogP contribution < -0.4 is 0 Å². The lowest BCUT2D eigenvalue weighted by Crippen LogP contribution is -2.32. The molecule has 0 saturated carbocycles. The summed E-state index contributed by atoms with van der Waals surface area (Å²) in [6.45, 7) is 0.360. The van der Waals surface area contributed by atoms with E-state index in [1.54, 1.807) is 0 Å². The van der Waals surface area contributed by atoms with Crippen LogP contribution >= 0.6 is 0 Å². The second kappa shape index (κ2) is 8.60. The first-order chi connectivity index (χ1) is 13.4. The first-order valence-electron chi connectivity index (χ1n) is 9.12. The first kappa shape index (κ1) is 19.5. The van der Waals surface area contributed by atoms with Crippen LogP contribution in [0.4, 0.5) is 0 Å². The fourth-order valence-electron chi connectivity index (χ4n) is 3.09. The molecule has 8 heteroatoms. The molecule has 2 aliphatic heterocycles. The lowest BCUT2D eigenvalue weighted by molar-refractivity contribution is -0.197. The highest BCUT2D eigenvalue weighted by atomic mass is 16.7. The summed E-state index contributed by atoms with van der Waals surface area (Å²) >= 11 is 0. The zero-order valence-corrected chi connectivity index (χ0v) is 15.3. The minimum absolute atomic E-state index is 0.0446. The molecule has 146 valence electrons. The van der Waals surface area contributed by atoms with Crippen LogP contribution in [0, 0.1) is 0 Å². The molecule has 0 N–H and O–H groups in total. The van der Waals surface area contributed by atoms with Gasteiger partial charge in [0.05, 0.1) is 6.42 Å². The van der Waals surface area contributed by atoms with Crippen molar-refractivity contribution in [2.45, 2.75) is 38.5 Å². The SMILES string of the molecule is O=C(CCc1cccc(CCCN2C(=O)C=CC2=O)c1)ON1C(=O)CCC1=O. The molecule has 1 saturated heterocycles. The second-order valence-corrected chi connectivity index (χ2v) is 6.63. The molecular weight excluding hydrogens is 364 g/mol. The summed E-state index contributed by atoms with van der Waals surface area (Å²) in [4.78, 5) is 63.9. The van der Waals surface area contributed by atoms with E-state index in [0.717, 1.165) is 11.1 Å². The number of hydroxylamine groups is 2. The van der Waals surface area contributed by atoms with Gasteiger partial charge in [0, 0.05) is 31.5 Å². The molecule has 8 nitrogen and oxygen atoms in total. The number of amides is 4. The van der Waals surface area contributed by atoms with Crippen LogP contribution in [0.25, 0.3) is 0 Å². The van der Waals surface area contributed by atoms with Gasteiger partial charge in [0.15, 0.2) is 0 Å². The van der Waals surface area contributed by atoms with E-state index < -0.39 is 17.8 Å². The summed E-state index contributed by atoms with van der Waals surface area (Å²) in [6.07, 6.45) is 4.46. The lowest BCUT2D eigenvalue weighted by Gasteiger charge is -2.14. The molecule has 0 aliphatic carbocycles. The van der Waals surface area contributed by atoms with Crippen LogP contribution in [0.3, 0.4) is 0 Å². The average molecular weight is 384 g/mol. The first-order valence-corrected chi connectivity index (χ1v) is 9.12. The minimum Gasteiger partial charge on any atom is -0.330 e. The van der Waals surface area contributed by atoms with Crippen LogP contribution in [0.2, 0.25) is 0 Å². The van der Waals surface area contributed by atoms with E-state index in [-0.39, 0.29) is 31.1 Å². The molecule has 1 fully saturated rings. The molecular formula is C20H20N2O6. The van der Waals surface area contributed by atoms with Crippen molar-refractivity contribution in [1.82, 2.24) is 9.96 Å². The van der Waals surface area contributed by atoms with Gasteiger partial charge in [-0.3, -0.25) is 24.1 Å². The summed E-state index contributed by atoms with van der Waals surface area (Å²) in [5.74, 6) is -2.19. The van der Waals surface area contributed by atoms with Gasteiger partial charge in [0.1, 0.15) is 0 Å². The average Bonchev–Trinajstić information content (AvgIpc) is 3.17. The van der Waals surface area contributed by atoms with E-state index in [0.29, 0.717) is 30.9 Å². The number of imide groups is 2. The molecule has 3 rings (SSSR count). The van der Waals surface area contributed by atoms with Crippen molar-refractivity contribution in [1.29, 1.82) is 0 Å². The van der Waals surface area contributed by atoms with E-state index in [1.807, 2.05) is 24.3 Å². The Balaban J connectivity index is 1.45. The van der Waals surface area contributed by atoms with Crippen LogP contribution in [-0.2, 0) is 41.7 Å². The normalized spacial score (nSPS) is 16.4. The summed E-state index contributed by atoms with van der Waals surface area (Å²) in [7, 11) is 0.